The molecule has 0 unspecified atom stereocenters. The second-order valence-corrected chi connectivity index (χ2v) is 19.6. The summed E-state index contributed by atoms with van der Waals surface area (Å²) in [4.78, 5) is 0. The summed E-state index contributed by atoms with van der Waals surface area (Å²) in [6.45, 7) is 4.72. The Bertz CT molecular complexity index is 4400. The minimum Gasteiger partial charge on any atom is -0.456 e. The van der Waals surface area contributed by atoms with Crippen molar-refractivity contribution in [3.05, 3.63) is 266 Å². The minimum absolute atomic E-state index is 0.0405. The van der Waals surface area contributed by atoms with Crippen molar-refractivity contribution in [3.8, 4) is 55.9 Å². The minimum atomic E-state index is -0.0405. The Hall–Kier alpha value is -9.18. The molecule has 3 aromatic heterocycles. The van der Waals surface area contributed by atoms with Crippen LogP contribution in [0.1, 0.15) is 25.0 Å². The van der Waals surface area contributed by atoms with Gasteiger partial charge in [-0.15, -0.1) is 0 Å². The van der Waals surface area contributed by atoms with Crippen LogP contribution >= 0.6 is 0 Å². The molecule has 0 saturated carbocycles. The lowest BCUT2D eigenvalue weighted by Crippen LogP contribution is -2.14. The van der Waals surface area contributed by atoms with E-state index in [1.807, 2.05) is 12.1 Å². The van der Waals surface area contributed by atoms with Gasteiger partial charge in [0.15, 0.2) is 0 Å². The molecule has 0 N–H and O–H groups in total. The Morgan fingerprint density at radius 3 is 1.61 bits per heavy atom. The zero-order chi connectivity index (χ0) is 47.9. The quantitative estimate of drug-likeness (QED) is 0.169. The molecule has 340 valence electrons. The van der Waals surface area contributed by atoms with Crippen molar-refractivity contribution >= 4 is 65.6 Å². The zero-order valence-electron chi connectivity index (χ0n) is 40.1. The number of aromatic nitrogens is 2. The van der Waals surface area contributed by atoms with Gasteiger partial charge in [-0.2, -0.15) is 0 Å². The largest absolute Gasteiger partial charge is 0.456 e. The Labute approximate surface area is 418 Å². The second kappa shape index (κ2) is 16.5. The predicted molar refractivity (Wildman–Crippen MR) is 303 cm³/mol. The lowest BCUT2D eigenvalue weighted by atomic mass is 9.82. The first-order valence-corrected chi connectivity index (χ1v) is 24.9. The number of fused-ring (bicyclic) bond motifs is 13. The van der Waals surface area contributed by atoms with Crippen molar-refractivity contribution in [1.29, 1.82) is 0 Å². The number of hydrogen-bond donors (Lipinski definition) is 0. The van der Waals surface area contributed by atoms with Crippen molar-refractivity contribution in [2.45, 2.75) is 19.3 Å². The summed E-state index contributed by atoms with van der Waals surface area (Å²) >= 11 is 0. The van der Waals surface area contributed by atoms with Gasteiger partial charge in [-0.1, -0.05) is 196 Å². The molecule has 11 aromatic carbocycles. The topological polar surface area (TPSA) is 23.0 Å². The molecule has 3 heterocycles. The fraction of sp³-hybridized carbons (Fsp3) is 0.0435. The normalized spacial score (nSPS) is 12.7. The van der Waals surface area contributed by atoms with Crippen molar-refractivity contribution in [1.82, 2.24) is 9.13 Å². The van der Waals surface area contributed by atoms with Crippen molar-refractivity contribution in [2.24, 2.45) is 0 Å². The van der Waals surface area contributed by atoms with Gasteiger partial charge in [-0.05, 0) is 128 Å². The van der Waals surface area contributed by atoms with E-state index in [9.17, 15) is 0 Å². The summed E-state index contributed by atoms with van der Waals surface area (Å²) < 4.78 is 11.0. The van der Waals surface area contributed by atoms with Gasteiger partial charge in [0.25, 0.3) is 0 Å². The fourth-order valence-electron chi connectivity index (χ4n) is 11.8. The first kappa shape index (κ1) is 41.8. The molecular formula is C69H48N2O. The molecule has 0 atom stereocenters. The summed E-state index contributed by atoms with van der Waals surface area (Å²) in [5.74, 6) is 0. The van der Waals surface area contributed by atoms with Crippen LogP contribution in [-0.4, -0.2) is 9.13 Å². The maximum Gasteiger partial charge on any atom is 0.136 e. The Morgan fingerprint density at radius 1 is 0.292 bits per heavy atom. The average molecular weight is 921 g/mol. The average Bonchev–Trinajstić information content (AvgIpc) is 4.16. The summed E-state index contributed by atoms with van der Waals surface area (Å²) in [5.41, 5.74) is 21.9. The molecule has 14 aromatic rings. The van der Waals surface area contributed by atoms with Crippen LogP contribution < -0.4 is 0 Å². The Morgan fingerprint density at radius 2 is 0.847 bits per heavy atom. The Kier molecular flexibility index (Phi) is 9.56. The van der Waals surface area contributed by atoms with Crippen LogP contribution in [0.3, 0.4) is 0 Å². The SMILES string of the molecule is CC1(C)c2ccccc2-c2cc3c4ccccc4n(-c4cccc(-c5cccc(-c6ccccc6)c5)c4)c3cc21.c1ccc(-c2ccc(-n3c4ccccc4c4c5c(ccc43)oc3ccccc35)cc2)cc1. The van der Waals surface area contributed by atoms with E-state index in [4.69, 9.17) is 4.42 Å². The highest BCUT2D eigenvalue weighted by molar-refractivity contribution is 6.27. The standard InChI is InChI=1S/C39H29N.C30H19NO/c1-39(2)35-20-8-6-18-31(35)33-24-34-32-19-7-9-21-37(32)40(38(34)25-36(33)39)30-17-11-16-29(23-30)28-15-10-14-27(22-28)26-12-4-3-5-13-26;1-2-8-20(9-3-1)21-14-16-22(17-15-21)31-25-12-6-4-10-23(25)29-26(31)18-19-28-30(29)24-11-5-7-13-27(24)32-28/h3-25H,1-2H3;1-19H. The predicted octanol–water partition coefficient (Wildman–Crippen LogP) is 18.8. The molecule has 0 fully saturated rings. The summed E-state index contributed by atoms with van der Waals surface area (Å²) in [7, 11) is 0. The number of rotatable bonds is 5. The van der Waals surface area contributed by atoms with Gasteiger partial charge < -0.3 is 13.6 Å². The number of furan rings is 1. The molecule has 0 amide bonds. The van der Waals surface area contributed by atoms with E-state index in [0.717, 1.165) is 22.2 Å². The fourth-order valence-corrected chi connectivity index (χ4v) is 11.8. The highest BCUT2D eigenvalue weighted by atomic mass is 16.3. The van der Waals surface area contributed by atoms with Crippen LogP contribution in [0.25, 0.3) is 121 Å². The third kappa shape index (κ3) is 6.58. The van der Waals surface area contributed by atoms with E-state index in [-0.39, 0.29) is 5.41 Å². The molecule has 0 saturated heterocycles. The van der Waals surface area contributed by atoms with Crippen LogP contribution in [0.2, 0.25) is 0 Å². The number of benzene rings is 11. The lowest BCUT2D eigenvalue weighted by Gasteiger charge is -2.21. The molecule has 1 aliphatic carbocycles. The first-order chi connectivity index (χ1) is 35.5. The summed E-state index contributed by atoms with van der Waals surface area (Å²) in [6.07, 6.45) is 0. The molecule has 0 spiro atoms. The van der Waals surface area contributed by atoms with E-state index >= 15 is 0 Å². The number of nitrogens with zero attached hydrogens (tertiary/aromatic N) is 2. The van der Waals surface area contributed by atoms with Crippen molar-refractivity contribution < 1.29 is 4.42 Å². The molecule has 3 nitrogen and oxygen atoms in total. The molecule has 1 aliphatic rings. The van der Waals surface area contributed by atoms with Gasteiger partial charge in [0.05, 0.1) is 22.1 Å². The smallest absolute Gasteiger partial charge is 0.136 e. The van der Waals surface area contributed by atoms with Gasteiger partial charge in [0.2, 0.25) is 0 Å². The van der Waals surface area contributed by atoms with Gasteiger partial charge in [0, 0.05) is 49.1 Å². The molecular weight excluding hydrogens is 873 g/mol. The van der Waals surface area contributed by atoms with E-state index in [1.54, 1.807) is 0 Å². The summed E-state index contributed by atoms with van der Waals surface area (Å²) in [6, 6.07) is 91.7. The second-order valence-electron chi connectivity index (χ2n) is 19.6. The number of para-hydroxylation sites is 3. The van der Waals surface area contributed by atoms with E-state index in [1.165, 1.54) is 110 Å². The zero-order valence-corrected chi connectivity index (χ0v) is 40.1. The maximum absolute atomic E-state index is 6.18. The Balaban J connectivity index is 0.000000137. The van der Waals surface area contributed by atoms with Gasteiger partial charge >= 0.3 is 0 Å². The monoisotopic (exact) mass is 920 g/mol. The van der Waals surface area contributed by atoms with Crippen LogP contribution in [0.15, 0.2) is 259 Å². The molecule has 15 rings (SSSR count). The molecule has 0 radical (unpaired) electrons. The molecule has 0 bridgehead atoms. The van der Waals surface area contributed by atoms with Crippen LogP contribution in [-0.2, 0) is 5.41 Å². The van der Waals surface area contributed by atoms with Gasteiger partial charge in [-0.3, -0.25) is 0 Å². The third-order valence-electron chi connectivity index (χ3n) is 15.2. The van der Waals surface area contributed by atoms with Gasteiger partial charge in [0.1, 0.15) is 11.2 Å². The third-order valence-corrected chi connectivity index (χ3v) is 15.2. The summed E-state index contributed by atoms with van der Waals surface area (Å²) in [5, 5.41) is 7.43. The molecule has 0 aliphatic heterocycles. The molecule has 3 heteroatoms. The lowest BCUT2D eigenvalue weighted by molar-refractivity contribution is 0.661. The van der Waals surface area contributed by atoms with Crippen molar-refractivity contribution in [3.63, 3.8) is 0 Å². The molecule has 72 heavy (non-hydrogen) atoms. The van der Waals surface area contributed by atoms with E-state index < -0.39 is 0 Å². The van der Waals surface area contributed by atoms with Crippen molar-refractivity contribution in [2.75, 3.05) is 0 Å². The van der Waals surface area contributed by atoms with E-state index in [0.29, 0.717) is 0 Å². The highest BCUT2D eigenvalue weighted by Gasteiger charge is 2.36. The highest BCUT2D eigenvalue weighted by Crippen LogP contribution is 2.51. The van der Waals surface area contributed by atoms with Crippen LogP contribution in [0.4, 0.5) is 0 Å². The van der Waals surface area contributed by atoms with Crippen LogP contribution in [0.5, 0.6) is 0 Å². The van der Waals surface area contributed by atoms with E-state index in [2.05, 4.69) is 266 Å². The van der Waals surface area contributed by atoms with Crippen LogP contribution in [0, 0.1) is 0 Å². The number of hydrogen-bond acceptors (Lipinski definition) is 1. The van der Waals surface area contributed by atoms with Gasteiger partial charge in [-0.25, -0.2) is 0 Å². The maximum atomic E-state index is 6.18. The first-order valence-electron chi connectivity index (χ1n) is 24.9.